The molecule has 8 nitrogen and oxygen atoms in total. The van der Waals surface area contributed by atoms with Crippen molar-refractivity contribution in [3.8, 4) is 22.6 Å². The predicted molar refractivity (Wildman–Crippen MR) is 132 cm³/mol. The Morgan fingerprint density at radius 2 is 1.76 bits per heavy atom. The van der Waals surface area contributed by atoms with Gasteiger partial charge in [-0.25, -0.2) is 22.7 Å². The van der Waals surface area contributed by atoms with Crippen LogP contribution >= 0.6 is 0 Å². The highest BCUT2D eigenvalue weighted by Crippen LogP contribution is 2.33. The Bertz CT molecular complexity index is 1640. The first-order chi connectivity index (χ1) is 17.6. The Balaban J connectivity index is 1.60. The number of imidazole rings is 1. The number of rotatable bonds is 6. The largest absolute Gasteiger partial charge is 0.494 e. The van der Waals surface area contributed by atoms with Crippen LogP contribution in [-0.4, -0.2) is 36.4 Å². The van der Waals surface area contributed by atoms with Gasteiger partial charge in [0, 0.05) is 29.1 Å². The maximum Gasteiger partial charge on any atom is 0.247 e. The van der Waals surface area contributed by atoms with Gasteiger partial charge in [0.25, 0.3) is 0 Å². The van der Waals surface area contributed by atoms with E-state index in [1.54, 1.807) is 39.4 Å². The maximum atomic E-state index is 14.7. The molecule has 0 radical (unpaired) electrons. The molecule has 37 heavy (non-hydrogen) atoms. The molecule has 0 saturated carbocycles. The number of hydrogen-bond acceptors (Lipinski definition) is 6. The summed E-state index contributed by atoms with van der Waals surface area (Å²) in [5, 5.41) is 18.2. The molecule has 0 aliphatic rings. The summed E-state index contributed by atoms with van der Waals surface area (Å²) in [6.45, 7) is 5.02. The summed E-state index contributed by atoms with van der Waals surface area (Å²) in [5.74, 6) is -3.52. The van der Waals surface area contributed by atoms with Gasteiger partial charge in [-0.2, -0.15) is 4.98 Å². The quantitative estimate of drug-likeness (QED) is 0.303. The Labute approximate surface area is 210 Å². The molecule has 5 aromatic rings. The molecule has 0 fully saturated rings. The molecule has 0 bridgehead atoms. The molecule has 5 rings (SSSR count). The highest BCUT2D eigenvalue weighted by molar-refractivity contribution is 5.79. The van der Waals surface area contributed by atoms with Crippen LogP contribution in [0.4, 0.5) is 24.8 Å². The van der Waals surface area contributed by atoms with E-state index in [0.717, 1.165) is 23.5 Å². The van der Waals surface area contributed by atoms with Crippen molar-refractivity contribution in [2.24, 2.45) is 0 Å². The lowest BCUT2D eigenvalue weighted by Crippen LogP contribution is -2.20. The minimum absolute atomic E-state index is 0.134. The van der Waals surface area contributed by atoms with Crippen molar-refractivity contribution < 1.29 is 23.0 Å². The predicted octanol–water partition coefficient (Wildman–Crippen LogP) is 5.29. The molecule has 0 spiro atoms. The Kier molecular flexibility index (Phi) is 5.87. The standard InChI is InChI=1S/C26H23F3N6O2/c1-14-12-34(13-30-14)19-9-5-15(11-20(19)37-4)31-25-32-24-17(16-6-8-18(27)23(29)22(16)28)7-10-21(26(2,3)36)35(24)33-25/h5-13,36H,1-4H3,(H,31,33). The number of aliphatic hydroxyl groups is 1. The first-order valence-electron chi connectivity index (χ1n) is 11.3. The van der Waals surface area contributed by atoms with Gasteiger partial charge in [0.15, 0.2) is 23.1 Å². The fourth-order valence-corrected chi connectivity index (χ4v) is 4.07. The van der Waals surface area contributed by atoms with E-state index in [1.807, 2.05) is 23.8 Å². The van der Waals surface area contributed by atoms with Crippen molar-refractivity contribution in [3.63, 3.8) is 0 Å². The third kappa shape index (κ3) is 4.38. The van der Waals surface area contributed by atoms with Crippen LogP contribution in [0.25, 0.3) is 22.5 Å². The first kappa shape index (κ1) is 24.3. The van der Waals surface area contributed by atoms with Gasteiger partial charge in [0.05, 0.1) is 30.5 Å². The van der Waals surface area contributed by atoms with Crippen LogP contribution in [0.3, 0.4) is 0 Å². The van der Waals surface area contributed by atoms with Gasteiger partial charge in [-0.05, 0) is 57.2 Å². The van der Waals surface area contributed by atoms with Crippen LogP contribution in [0.2, 0.25) is 0 Å². The summed E-state index contributed by atoms with van der Waals surface area (Å²) in [4.78, 5) is 8.72. The van der Waals surface area contributed by atoms with E-state index in [1.165, 1.54) is 16.6 Å². The van der Waals surface area contributed by atoms with E-state index in [4.69, 9.17) is 4.74 Å². The molecule has 0 aliphatic heterocycles. The highest BCUT2D eigenvalue weighted by Gasteiger charge is 2.25. The molecule has 0 atom stereocenters. The Hall–Kier alpha value is -4.38. The minimum Gasteiger partial charge on any atom is -0.494 e. The van der Waals surface area contributed by atoms with Gasteiger partial charge in [-0.1, -0.05) is 0 Å². The molecule has 0 saturated heterocycles. The molecule has 0 amide bonds. The van der Waals surface area contributed by atoms with Crippen molar-refractivity contribution in [2.45, 2.75) is 26.4 Å². The van der Waals surface area contributed by atoms with E-state index >= 15 is 0 Å². The molecule has 3 heterocycles. The summed E-state index contributed by atoms with van der Waals surface area (Å²) >= 11 is 0. The lowest BCUT2D eigenvalue weighted by molar-refractivity contribution is 0.0715. The monoisotopic (exact) mass is 508 g/mol. The molecule has 2 aromatic carbocycles. The summed E-state index contributed by atoms with van der Waals surface area (Å²) in [5.41, 5.74) is 1.38. The van der Waals surface area contributed by atoms with Gasteiger partial charge in [-0.15, -0.1) is 5.10 Å². The van der Waals surface area contributed by atoms with Gasteiger partial charge in [0.2, 0.25) is 5.95 Å². The van der Waals surface area contributed by atoms with Gasteiger partial charge in [0.1, 0.15) is 11.4 Å². The lowest BCUT2D eigenvalue weighted by Gasteiger charge is -2.19. The van der Waals surface area contributed by atoms with Gasteiger partial charge < -0.3 is 19.7 Å². The fourth-order valence-electron chi connectivity index (χ4n) is 4.07. The van der Waals surface area contributed by atoms with Crippen molar-refractivity contribution in [3.05, 3.63) is 83.8 Å². The second-order valence-electron chi connectivity index (χ2n) is 9.02. The average molecular weight is 509 g/mol. The van der Waals surface area contributed by atoms with Crippen molar-refractivity contribution in [2.75, 3.05) is 12.4 Å². The Morgan fingerprint density at radius 1 is 1.00 bits per heavy atom. The zero-order chi connectivity index (χ0) is 26.5. The molecule has 190 valence electrons. The smallest absolute Gasteiger partial charge is 0.247 e. The van der Waals surface area contributed by atoms with Crippen LogP contribution in [-0.2, 0) is 5.60 Å². The molecule has 2 N–H and O–H groups in total. The zero-order valence-corrected chi connectivity index (χ0v) is 20.4. The van der Waals surface area contributed by atoms with Crippen LogP contribution in [0.5, 0.6) is 5.75 Å². The average Bonchev–Trinajstić information content (AvgIpc) is 3.47. The van der Waals surface area contributed by atoms with E-state index in [9.17, 15) is 18.3 Å². The highest BCUT2D eigenvalue weighted by atomic mass is 19.2. The van der Waals surface area contributed by atoms with Crippen molar-refractivity contribution in [1.82, 2.24) is 24.1 Å². The molecular weight excluding hydrogens is 485 g/mol. The van der Waals surface area contributed by atoms with Crippen LogP contribution in [0, 0.1) is 24.4 Å². The number of nitrogens with zero attached hydrogens (tertiary/aromatic N) is 5. The number of fused-ring (bicyclic) bond motifs is 1. The summed E-state index contributed by atoms with van der Waals surface area (Å²) in [6, 6.07) is 10.4. The second-order valence-corrected chi connectivity index (χ2v) is 9.02. The number of hydrogen-bond donors (Lipinski definition) is 2. The number of anilines is 2. The second kappa shape index (κ2) is 8.93. The number of nitrogens with one attached hydrogen (secondary N) is 1. The van der Waals surface area contributed by atoms with Gasteiger partial charge in [-0.3, -0.25) is 0 Å². The number of ether oxygens (including phenoxy) is 1. The number of pyridine rings is 1. The number of aryl methyl sites for hydroxylation is 1. The topological polar surface area (TPSA) is 89.5 Å². The summed E-state index contributed by atoms with van der Waals surface area (Å²) < 4.78 is 50.9. The number of benzene rings is 2. The normalized spacial score (nSPS) is 11.8. The zero-order valence-electron chi connectivity index (χ0n) is 20.4. The summed E-state index contributed by atoms with van der Waals surface area (Å²) in [6.07, 6.45) is 3.55. The number of aromatic nitrogens is 5. The molecular formula is C26H23F3N6O2. The van der Waals surface area contributed by atoms with E-state index in [0.29, 0.717) is 17.1 Å². The van der Waals surface area contributed by atoms with Crippen LogP contribution < -0.4 is 10.1 Å². The van der Waals surface area contributed by atoms with Crippen LogP contribution in [0.15, 0.2) is 55.0 Å². The lowest BCUT2D eigenvalue weighted by atomic mass is 10.0. The van der Waals surface area contributed by atoms with E-state index in [2.05, 4.69) is 20.4 Å². The Morgan fingerprint density at radius 3 is 2.43 bits per heavy atom. The SMILES string of the molecule is COc1cc(Nc2nc3c(-c4ccc(F)c(F)c4F)ccc(C(C)(C)O)n3n2)ccc1-n1cnc(C)c1. The minimum atomic E-state index is -1.58. The third-order valence-electron chi connectivity index (χ3n) is 5.86. The number of methoxy groups -OCH3 is 1. The van der Waals surface area contributed by atoms with Crippen molar-refractivity contribution in [1.29, 1.82) is 0 Å². The molecule has 11 heteroatoms. The molecule has 3 aromatic heterocycles. The third-order valence-corrected chi connectivity index (χ3v) is 5.86. The van der Waals surface area contributed by atoms with Gasteiger partial charge >= 0.3 is 0 Å². The fraction of sp³-hybridized carbons (Fsp3) is 0.192. The van der Waals surface area contributed by atoms with E-state index < -0.39 is 23.1 Å². The first-order valence-corrected chi connectivity index (χ1v) is 11.3. The summed E-state index contributed by atoms with van der Waals surface area (Å²) in [7, 11) is 1.55. The molecule has 0 unspecified atom stereocenters. The maximum absolute atomic E-state index is 14.7. The number of halogens is 3. The van der Waals surface area contributed by atoms with Crippen molar-refractivity contribution >= 4 is 17.3 Å². The van der Waals surface area contributed by atoms with Crippen LogP contribution in [0.1, 0.15) is 25.2 Å². The molecule has 0 aliphatic carbocycles. The van der Waals surface area contributed by atoms with E-state index in [-0.39, 0.29) is 22.7 Å².